The monoisotopic (exact) mass is 267 g/mol. The van der Waals surface area contributed by atoms with Gasteiger partial charge in [-0.05, 0) is 30.5 Å². The van der Waals surface area contributed by atoms with E-state index >= 15 is 0 Å². The molecule has 6 nitrogen and oxygen atoms in total. The number of hydrogen-bond donors (Lipinski definition) is 4. The molecule has 0 aliphatic rings. The Bertz CT molecular complexity index is 472. The number of carboxylic acids is 1. The first-order chi connectivity index (χ1) is 8.90. The zero-order valence-electron chi connectivity index (χ0n) is 10.4. The lowest BCUT2D eigenvalue weighted by atomic mass is 10.0. The Morgan fingerprint density at radius 2 is 1.89 bits per heavy atom. The van der Waals surface area contributed by atoms with E-state index in [9.17, 15) is 14.7 Å². The summed E-state index contributed by atoms with van der Waals surface area (Å²) in [6.45, 7) is 0. The van der Waals surface area contributed by atoms with Crippen molar-refractivity contribution in [1.29, 1.82) is 0 Å². The molecule has 0 heterocycles. The summed E-state index contributed by atoms with van der Waals surface area (Å²) in [6.07, 6.45) is 1.16. The SMILES string of the molecule is NC(CC(=O)CCCc1ccc(O)c(O)c1)C(=O)O. The molecule has 5 N–H and O–H groups in total. The molecule has 0 fully saturated rings. The number of benzene rings is 1. The van der Waals surface area contributed by atoms with Gasteiger partial charge in [-0.3, -0.25) is 9.59 Å². The summed E-state index contributed by atoms with van der Waals surface area (Å²) in [5, 5.41) is 27.0. The third-order valence-corrected chi connectivity index (χ3v) is 2.73. The van der Waals surface area contributed by atoms with Gasteiger partial charge in [0.05, 0.1) is 0 Å². The molecule has 0 aliphatic carbocycles. The lowest BCUT2D eigenvalue weighted by Gasteiger charge is -2.06. The van der Waals surface area contributed by atoms with Gasteiger partial charge in [0, 0.05) is 12.8 Å². The van der Waals surface area contributed by atoms with Crippen LogP contribution in [0.4, 0.5) is 0 Å². The fraction of sp³-hybridized carbons (Fsp3) is 0.385. The van der Waals surface area contributed by atoms with Gasteiger partial charge in [-0.1, -0.05) is 6.07 Å². The van der Waals surface area contributed by atoms with Crippen LogP contribution in [-0.2, 0) is 16.0 Å². The largest absolute Gasteiger partial charge is 0.504 e. The molecular weight excluding hydrogens is 250 g/mol. The smallest absolute Gasteiger partial charge is 0.320 e. The highest BCUT2D eigenvalue weighted by Crippen LogP contribution is 2.25. The lowest BCUT2D eigenvalue weighted by Crippen LogP contribution is -2.32. The van der Waals surface area contributed by atoms with Crippen LogP contribution in [0.2, 0.25) is 0 Å². The van der Waals surface area contributed by atoms with E-state index in [4.69, 9.17) is 15.9 Å². The summed E-state index contributed by atoms with van der Waals surface area (Å²) in [5.74, 6) is -1.77. The Balaban J connectivity index is 2.35. The molecule has 1 aromatic carbocycles. The molecule has 1 unspecified atom stereocenters. The molecule has 0 radical (unpaired) electrons. The second kappa shape index (κ2) is 6.75. The molecule has 0 saturated heterocycles. The summed E-state index contributed by atoms with van der Waals surface area (Å²) in [7, 11) is 0. The van der Waals surface area contributed by atoms with Crippen LogP contribution in [0, 0.1) is 0 Å². The Morgan fingerprint density at radius 3 is 2.47 bits per heavy atom. The van der Waals surface area contributed by atoms with Crippen LogP contribution < -0.4 is 5.73 Å². The maximum atomic E-state index is 11.4. The maximum Gasteiger partial charge on any atom is 0.320 e. The second-order valence-electron chi connectivity index (χ2n) is 4.36. The van der Waals surface area contributed by atoms with E-state index in [1.807, 2.05) is 0 Å². The molecule has 104 valence electrons. The average Bonchev–Trinajstić information content (AvgIpc) is 2.33. The standard InChI is InChI=1S/C13H17NO5/c14-10(13(18)19)7-9(15)3-1-2-8-4-5-11(16)12(17)6-8/h4-6,10,16-17H,1-3,7,14H2,(H,18,19). The fourth-order valence-corrected chi connectivity index (χ4v) is 1.65. The lowest BCUT2D eigenvalue weighted by molar-refractivity contribution is -0.140. The summed E-state index contributed by atoms with van der Waals surface area (Å²) in [4.78, 5) is 21.9. The number of phenolic OH excluding ortho intramolecular Hbond substituents is 2. The highest BCUT2D eigenvalue weighted by atomic mass is 16.4. The Morgan fingerprint density at radius 1 is 1.21 bits per heavy atom. The van der Waals surface area contributed by atoms with Crippen LogP contribution in [-0.4, -0.2) is 33.1 Å². The first-order valence-corrected chi connectivity index (χ1v) is 5.91. The van der Waals surface area contributed by atoms with Crippen molar-refractivity contribution in [3.63, 3.8) is 0 Å². The van der Waals surface area contributed by atoms with Crippen LogP contribution in [0.15, 0.2) is 18.2 Å². The van der Waals surface area contributed by atoms with Crippen molar-refractivity contribution in [3.05, 3.63) is 23.8 Å². The average molecular weight is 267 g/mol. The van der Waals surface area contributed by atoms with Gasteiger partial charge < -0.3 is 21.1 Å². The van der Waals surface area contributed by atoms with Crippen molar-refractivity contribution in [1.82, 2.24) is 0 Å². The van der Waals surface area contributed by atoms with Gasteiger partial charge in [-0.25, -0.2) is 0 Å². The molecule has 19 heavy (non-hydrogen) atoms. The number of ketones is 1. The molecule has 1 rings (SSSR count). The van der Waals surface area contributed by atoms with Crippen LogP contribution in [0.5, 0.6) is 11.5 Å². The van der Waals surface area contributed by atoms with Crippen LogP contribution in [0.1, 0.15) is 24.8 Å². The summed E-state index contributed by atoms with van der Waals surface area (Å²) < 4.78 is 0. The third kappa shape index (κ3) is 4.97. The molecule has 0 amide bonds. The highest BCUT2D eigenvalue weighted by Gasteiger charge is 2.15. The Hall–Kier alpha value is -2.08. The zero-order chi connectivity index (χ0) is 14.4. The topological polar surface area (TPSA) is 121 Å². The van der Waals surface area contributed by atoms with E-state index in [2.05, 4.69) is 0 Å². The van der Waals surface area contributed by atoms with Crippen molar-refractivity contribution >= 4 is 11.8 Å². The van der Waals surface area contributed by atoms with E-state index in [1.54, 1.807) is 6.07 Å². The van der Waals surface area contributed by atoms with Gasteiger partial charge >= 0.3 is 5.97 Å². The van der Waals surface area contributed by atoms with Gasteiger partial charge in [0.15, 0.2) is 11.5 Å². The Labute approximate surface area is 110 Å². The van der Waals surface area contributed by atoms with E-state index in [-0.39, 0.29) is 30.1 Å². The number of carboxylic acid groups (broad SMARTS) is 1. The van der Waals surface area contributed by atoms with Gasteiger partial charge in [0.2, 0.25) is 0 Å². The number of nitrogens with two attached hydrogens (primary N) is 1. The maximum absolute atomic E-state index is 11.4. The van der Waals surface area contributed by atoms with E-state index in [0.717, 1.165) is 5.56 Å². The number of phenols is 2. The molecule has 1 atom stereocenters. The number of Topliss-reactive ketones (excluding diaryl/α,β-unsaturated/α-hetero) is 1. The number of rotatable bonds is 7. The molecule has 0 aliphatic heterocycles. The van der Waals surface area contributed by atoms with Crippen LogP contribution in [0.3, 0.4) is 0 Å². The van der Waals surface area contributed by atoms with Crippen molar-refractivity contribution in [2.75, 3.05) is 0 Å². The van der Waals surface area contributed by atoms with E-state index < -0.39 is 12.0 Å². The predicted octanol–water partition coefficient (Wildman–Crippen LogP) is 0.792. The third-order valence-electron chi connectivity index (χ3n) is 2.73. The number of aliphatic carboxylic acids is 1. The minimum absolute atomic E-state index is 0.170. The van der Waals surface area contributed by atoms with Crippen LogP contribution >= 0.6 is 0 Å². The predicted molar refractivity (Wildman–Crippen MR) is 67.9 cm³/mol. The summed E-state index contributed by atoms with van der Waals surface area (Å²) >= 11 is 0. The molecule has 0 aromatic heterocycles. The number of carbonyl (C=O) groups is 2. The molecule has 0 bridgehead atoms. The number of aryl methyl sites for hydroxylation is 1. The number of carbonyl (C=O) groups excluding carboxylic acids is 1. The molecule has 1 aromatic rings. The second-order valence-corrected chi connectivity index (χ2v) is 4.36. The minimum atomic E-state index is -1.18. The fourth-order valence-electron chi connectivity index (χ4n) is 1.65. The van der Waals surface area contributed by atoms with Gasteiger partial charge in [0.1, 0.15) is 11.8 Å². The first kappa shape index (κ1) is 15.0. The van der Waals surface area contributed by atoms with E-state index in [0.29, 0.717) is 12.8 Å². The van der Waals surface area contributed by atoms with Crippen molar-refractivity contribution in [3.8, 4) is 11.5 Å². The number of hydrogen-bond acceptors (Lipinski definition) is 5. The molecule has 0 spiro atoms. The van der Waals surface area contributed by atoms with Gasteiger partial charge in [-0.2, -0.15) is 0 Å². The van der Waals surface area contributed by atoms with Crippen molar-refractivity contribution < 1.29 is 24.9 Å². The highest BCUT2D eigenvalue weighted by molar-refractivity contribution is 5.85. The quantitative estimate of drug-likeness (QED) is 0.542. The van der Waals surface area contributed by atoms with Crippen molar-refractivity contribution in [2.24, 2.45) is 5.73 Å². The molecule has 6 heteroatoms. The first-order valence-electron chi connectivity index (χ1n) is 5.91. The summed E-state index contributed by atoms with van der Waals surface area (Å²) in [5.41, 5.74) is 6.05. The van der Waals surface area contributed by atoms with Crippen LogP contribution in [0.25, 0.3) is 0 Å². The summed E-state index contributed by atoms with van der Waals surface area (Å²) in [6, 6.07) is 3.32. The van der Waals surface area contributed by atoms with E-state index in [1.165, 1.54) is 12.1 Å². The normalized spacial score (nSPS) is 12.1. The zero-order valence-corrected chi connectivity index (χ0v) is 10.4. The van der Waals surface area contributed by atoms with Gasteiger partial charge in [0.25, 0.3) is 0 Å². The number of aromatic hydroxyl groups is 2. The minimum Gasteiger partial charge on any atom is -0.504 e. The molecular formula is C13H17NO5. The van der Waals surface area contributed by atoms with Gasteiger partial charge in [-0.15, -0.1) is 0 Å². The molecule has 0 saturated carbocycles. The van der Waals surface area contributed by atoms with Crippen molar-refractivity contribution in [2.45, 2.75) is 31.7 Å². The Kier molecular flexibility index (Phi) is 5.32.